The number of nitrogens with zero attached hydrogens (tertiary/aromatic N) is 1. The van der Waals surface area contributed by atoms with Crippen molar-refractivity contribution >= 4 is 5.91 Å². The molecule has 1 aromatic heterocycles. The first kappa shape index (κ1) is 13.8. The quantitative estimate of drug-likeness (QED) is 0.882. The fourth-order valence-electron chi connectivity index (χ4n) is 2.33. The van der Waals surface area contributed by atoms with Crippen molar-refractivity contribution in [2.45, 2.75) is 37.8 Å². The fraction of sp³-hybridized carbons (Fsp3) is 0.375. The molecule has 1 aromatic carbocycles. The van der Waals surface area contributed by atoms with Gasteiger partial charge in [0.05, 0.1) is 6.04 Å². The smallest absolute Gasteiger partial charge is 0.273 e. The third-order valence-electron chi connectivity index (χ3n) is 3.81. The summed E-state index contributed by atoms with van der Waals surface area (Å²) in [5, 5.41) is 2.93. The lowest BCUT2D eigenvalue weighted by Crippen LogP contribution is -2.39. The molecule has 5 heteroatoms. The molecule has 21 heavy (non-hydrogen) atoms. The van der Waals surface area contributed by atoms with Crippen LogP contribution in [0.15, 0.2) is 41.0 Å². The minimum atomic E-state index is -0.349. The highest BCUT2D eigenvalue weighted by Gasteiger charge is 2.23. The van der Waals surface area contributed by atoms with Crippen molar-refractivity contribution in [3.8, 4) is 0 Å². The highest BCUT2D eigenvalue weighted by atomic mass is 16.3. The van der Waals surface area contributed by atoms with Crippen molar-refractivity contribution in [1.29, 1.82) is 0 Å². The lowest BCUT2D eigenvalue weighted by Gasteiger charge is -2.25. The van der Waals surface area contributed by atoms with Crippen LogP contribution in [0.3, 0.4) is 0 Å². The number of aromatic nitrogens is 1. The van der Waals surface area contributed by atoms with Crippen LogP contribution in [0.2, 0.25) is 0 Å². The fourth-order valence-corrected chi connectivity index (χ4v) is 2.33. The van der Waals surface area contributed by atoms with E-state index in [4.69, 9.17) is 10.2 Å². The second-order valence-electron chi connectivity index (χ2n) is 5.47. The summed E-state index contributed by atoms with van der Waals surface area (Å²) in [5.74, 6) is 0.222. The van der Waals surface area contributed by atoms with Crippen molar-refractivity contribution in [2.75, 3.05) is 0 Å². The molecular weight excluding hydrogens is 266 g/mol. The molecule has 1 amide bonds. The maximum atomic E-state index is 12.0. The standard InChI is InChI=1S/C16H19N3O2/c17-13(9-11-5-2-1-3-6-11)16-19-14(10-21-16)15(20)18-12-7-4-8-12/h1-3,5-6,10,12-13H,4,7-9,17H2,(H,18,20). The second-order valence-corrected chi connectivity index (χ2v) is 5.47. The average Bonchev–Trinajstić information content (AvgIpc) is 2.94. The molecule has 110 valence electrons. The first-order valence-corrected chi connectivity index (χ1v) is 7.28. The molecular formula is C16H19N3O2. The number of hydrogen-bond acceptors (Lipinski definition) is 4. The van der Waals surface area contributed by atoms with Crippen molar-refractivity contribution < 1.29 is 9.21 Å². The van der Waals surface area contributed by atoms with Gasteiger partial charge < -0.3 is 15.5 Å². The molecule has 1 fully saturated rings. The Kier molecular flexibility index (Phi) is 4.01. The van der Waals surface area contributed by atoms with Gasteiger partial charge in [-0.1, -0.05) is 30.3 Å². The third-order valence-corrected chi connectivity index (χ3v) is 3.81. The van der Waals surface area contributed by atoms with Crippen LogP contribution in [-0.4, -0.2) is 16.9 Å². The molecule has 1 atom stereocenters. The summed E-state index contributed by atoms with van der Waals surface area (Å²) < 4.78 is 5.36. The molecule has 0 aliphatic heterocycles. The Balaban J connectivity index is 1.62. The summed E-state index contributed by atoms with van der Waals surface area (Å²) in [4.78, 5) is 16.2. The molecule has 0 spiro atoms. The zero-order valence-electron chi connectivity index (χ0n) is 11.8. The van der Waals surface area contributed by atoms with E-state index in [1.165, 1.54) is 12.7 Å². The molecule has 1 aliphatic carbocycles. The van der Waals surface area contributed by atoms with Crippen LogP contribution in [0, 0.1) is 0 Å². The van der Waals surface area contributed by atoms with E-state index in [9.17, 15) is 4.79 Å². The Morgan fingerprint density at radius 1 is 1.38 bits per heavy atom. The van der Waals surface area contributed by atoms with Gasteiger partial charge in [0, 0.05) is 6.04 Å². The zero-order valence-corrected chi connectivity index (χ0v) is 11.8. The predicted octanol–water partition coefficient (Wildman–Crippen LogP) is 2.20. The Morgan fingerprint density at radius 2 is 2.14 bits per heavy atom. The van der Waals surface area contributed by atoms with Gasteiger partial charge in [-0.25, -0.2) is 4.98 Å². The predicted molar refractivity (Wildman–Crippen MR) is 78.7 cm³/mol. The van der Waals surface area contributed by atoms with E-state index in [0.29, 0.717) is 18.0 Å². The molecule has 1 aliphatic rings. The number of rotatable bonds is 5. The van der Waals surface area contributed by atoms with Gasteiger partial charge >= 0.3 is 0 Å². The normalized spacial score (nSPS) is 16.2. The minimum absolute atomic E-state index is 0.179. The van der Waals surface area contributed by atoms with Crippen molar-refractivity contribution in [2.24, 2.45) is 5.73 Å². The first-order valence-electron chi connectivity index (χ1n) is 7.28. The monoisotopic (exact) mass is 285 g/mol. The summed E-state index contributed by atoms with van der Waals surface area (Å²) in [6, 6.07) is 9.85. The summed E-state index contributed by atoms with van der Waals surface area (Å²) >= 11 is 0. The van der Waals surface area contributed by atoms with E-state index in [0.717, 1.165) is 18.4 Å². The molecule has 5 nitrogen and oxygen atoms in total. The molecule has 1 heterocycles. The van der Waals surface area contributed by atoms with Crippen molar-refractivity contribution in [3.05, 3.63) is 53.7 Å². The molecule has 2 aromatic rings. The van der Waals surface area contributed by atoms with Gasteiger partial charge in [-0.05, 0) is 31.2 Å². The number of hydrogen-bond donors (Lipinski definition) is 2. The molecule has 3 rings (SSSR count). The Morgan fingerprint density at radius 3 is 2.81 bits per heavy atom. The van der Waals surface area contributed by atoms with Crippen molar-refractivity contribution in [1.82, 2.24) is 10.3 Å². The van der Waals surface area contributed by atoms with E-state index < -0.39 is 0 Å². The van der Waals surface area contributed by atoms with Gasteiger partial charge in [0.2, 0.25) is 5.89 Å². The summed E-state index contributed by atoms with van der Waals surface area (Å²) in [6.45, 7) is 0. The second kappa shape index (κ2) is 6.10. The molecule has 1 saturated carbocycles. The summed E-state index contributed by atoms with van der Waals surface area (Å²) in [5.41, 5.74) is 7.51. The molecule has 0 radical (unpaired) electrons. The van der Waals surface area contributed by atoms with Gasteiger partial charge in [-0.2, -0.15) is 0 Å². The largest absolute Gasteiger partial charge is 0.446 e. The lowest BCUT2D eigenvalue weighted by molar-refractivity contribution is 0.0912. The van der Waals surface area contributed by atoms with E-state index in [1.54, 1.807) is 0 Å². The van der Waals surface area contributed by atoms with E-state index in [1.807, 2.05) is 30.3 Å². The van der Waals surface area contributed by atoms with Crippen molar-refractivity contribution in [3.63, 3.8) is 0 Å². The maximum absolute atomic E-state index is 12.0. The van der Waals surface area contributed by atoms with Gasteiger partial charge in [-0.15, -0.1) is 0 Å². The topological polar surface area (TPSA) is 81.1 Å². The first-order chi connectivity index (χ1) is 10.2. The number of benzene rings is 1. The van der Waals surface area contributed by atoms with Crippen LogP contribution in [0.25, 0.3) is 0 Å². The van der Waals surface area contributed by atoms with Crippen LogP contribution in [0.4, 0.5) is 0 Å². The molecule has 0 saturated heterocycles. The highest BCUT2D eigenvalue weighted by molar-refractivity contribution is 5.92. The number of nitrogens with two attached hydrogens (primary N) is 1. The van der Waals surface area contributed by atoms with Gasteiger partial charge in [0.15, 0.2) is 5.69 Å². The van der Waals surface area contributed by atoms with Crippen LogP contribution >= 0.6 is 0 Å². The number of amides is 1. The van der Waals surface area contributed by atoms with Crippen LogP contribution in [-0.2, 0) is 6.42 Å². The van der Waals surface area contributed by atoms with Gasteiger partial charge in [0.1, 0.15) is 6.26 Å². The van der Waals surface area contributed by atoms with Crippen LogP contribution in [0.5, 0.6) is 0 Å². The summed E-state index contributed by atoms with van der Waals surface area (Å²) in [6.07, 6.45) is 5.28. The van der Waals surface area contributed by atoms with Gasteiger partial charge in [0.25, 0.3) is 5.91 Å². The minimum Gasteiger partial charge on any atom is -0.446 e. The van der Waals surface area contributed by atoms with E-state index in [2.05, 4.69) is 10.3 Å². The molecule has 3 N–H and O–H groups in total. The summed E-state index contributed by atoms with van der Waals surface area (Å²) in [7, 11) is 0. The zero-order chi connectivity index (χ0) is 14.7. The van der Waals surface area contributed by atoms with E-state index >= 15 is 0 Å². The average molecular weight is 285 g/mol. The SMILES string of the molecule is NC(Cc1ccccc1)c1nc(C(=O)NC2CCC2)co1. The molecule has 0 bridgehead atoms. The Hall–Kier alpha value is -2.14. The third kappa shape index (κ3) is 3.31. The van der Waals surface area contributed by atoms with Gasteiger partial charge in [-0.3, -0.25) is 4.79 Å². The maximum Gasteiger partial charge on any atom is 0.273 e. The number of carbonyl (C=O) groups is 1. The van der Waals surface area contributed by atoms with E-state index in [-0.39, 0.29) is 18.0 Å². The number of oxazole rings is 1. The number of nitrogens with one attached hydrogen (secondary N) is 1. The molecule has 1 unspecified atom stereocenters. The van der Waals surface area contributed by atoms with Crippen LogP contribution in [0.1, 0.15) is 47.2 Å². The number of carbonyl (C=O) groups excluding carboxylic acids is 1. The lowest BCUT2D eigenvalue weighted by atomic mass is 9.93. The van der Waals surface area contributed by atoms with Crippen LogP contribution < -0.4 is 11.1 Å². The Bertz CT molecular complexity index is 605. The highest BCUT2D eigenvalue weighted by Crippen LogP contribution is 2.19. The Labute approximate surface area is 123 Å².